The number of alkyl halides is 3. The van der Waals surface area contributed by atoms with Crippen LogP contribution < -0.4 is 15.5 Å². The fraction of sp³-hybridized carbons (Fsp3) is 0.167. The third-order valence-corrected chi connectivity index (χ3v) is 3.86. The van der Waals surface area contributed by atoms with Gasteiger partial charge in [0.15, 0.2) is 11.6 Å². The summed E-state index contributed by atoms with van der Waals surface area (Å²) in [6.07, 6.45) is -5.21. The molecule has 3 aromatic rings. The topological polar surface area (TPSA) is 72.7 Å². The normalized spacial score (nSPS) is 11.6. The van der Waals surface area contributed by atoms with Gasteiger partial charge in [-0.2, -0.15) is 0 Å². The first-order valence-electron chi connectivity index (χ1n) is 7.98. The maximum absolute atomic E-state index is 15.1. The van der Waals surface area contributed by atoms with Crippen molar-refractivity contribution in [1.82, 2.24) is 5.32 Å². The van der Waals surface area contributed by atoms with Gasteiger partial charge in [-0.15, -0.1) is 13.2 Å². The number of benzene rings is 2. The molecule has 0 unspecified atom stereocenters. The molecule has 3 rings (SSSR count). The molecule has 0 saturated carbocycles. The van der Waals surface area contributed by atoms with Gasteiger partial charge in [-0.1, -0.05) is 0 Å². The van der Waals surface area contributed by atoms with Crippen molar-refractivity contribution in [3.63, 3.8) is 0 Å². The zero-order valence-electron chi connectivity index (χ0n) is 14.9. The second-order valence-electron chi connectivity index (χ2n) is 5.69. The van der Waals surface area contributed by atoms with Crippen LogP contribution >= 0.6 is 0 Å². The van der Waals surface area contributed by atoms with Crippen molar-refractivity contribution in [2.24, 2.45) is 0 Å². The summed E-state index contributed by atoms with van der Waals surface area (Å²) >= 11 is 0. The van der Waals surface area contributed by atoms with E-state index >= 15 is 4.39 Å². The maximum atomic E-state index is 15.1. The zero-order valence-corrected chi connectivity index (χ0v) is 14.9. The van der Waals surface area contributed by atoms with Crippen molar-refractivity contribution in [2.45, 2.75) is 6.36 Å². The number of rotatable bonds is 5. The van der Waals surface area contributed by atoms with Crippen molar-refractivity contribution in [2.75, 3.05) is 19.6 Å². The highest BCUT2D eigenvalue weighted by Crippen LogP contribution is 2.43. The van der Waals surface area contributed by atoms with Gasteiger partial charge in [0.1, 0.15) is 22.8 Å². The van der Waals surface area contributed by atoms with Crippen LogP contribution in [-0.4, -0.2) is 26.4 Å². The van der Waals surface area contributed by atoms with Crippen molar-refractivity contribution in [1.29, 1.82) is 0 Å². The molecule has 0 radical (unpaired) electrons. The highest BCUT2D eigenvalue weighted by atomic mass is 19.4. The van der Waals surface area contributed by atoms with Crippen LogP contribution in [0.25, 0.3) is 22.3 Å². The van der Waals surface area contributed by atoms with E-state index in [1.54, 1.807) is 0 Å². The molecule has 154 valence electrons. The number of anilines is 1. The van der Waals surface area contributed by atoms with E-state index in [1.165, 1.54) is 19.2 Å². The Hall–Kier alpha value is -3.34. The van der Waals surface area contributed by atoms with Gasteiger partial charge in [0.25, 0.3) is 5.91 Å². The molecular weight excluding hydrogens is 403 g/mol. The Balaban J connectivity index is 2.36. The van der Waals surface area contributed by atoms with Gasteiger partial charge >= 0.3 is 6.36 Å². The van der Waals surface area contributed by atoms with Crippen molar-refractivity contribution < 1.29 is 40.7 Å². The summed E-state index contributed by atoms with van der Waals surface area (Å²) in [5.74, 6) is -4.28. The summed E-state index contributed by atoms with van der Waals surface area (Å²) in [5.41, 5.74) is 1.14. The molecule has 29 heavy (non-hydrogen) atoms. The summed E-state index contributed by atoms with van der Waals surface area (Å²) in [6, 6.07) is 5.71. The Morgan fingerprint density at radius 1 is 1.14 bits per heavy atom. The van der Waals surface area contributed by atoms with E-state index in [-0.39, 0.29) is 22.5 Å². The molecule has 0 aliphatic rings. The van der Waals surface area contributed by atoms with Crippen LogP contribution in [0.5, 0.6) is 5.75 Å². The Kier molecular flexibility index (Phi) is 5.33. The average molecular weight is 416 g/mol. The lowest BCUT2D eigenvalue weighted by molar-refractivity contribution is -0.275. The molecule has 0 spiro atoms. The summed E-state index contributed by atoms with van der Waals surface area (Å²) in [7, 11) is 2.35. The minimum atomic E-state index is -5.21. The smallest absolute Gasteiger partial charge is 0.455 e. The predicted molar refractivity (Wildman–Crippen MR) is 92.3 cm³/mol. The van der Waals surface area contributed by atoms with Crippen molar-refractivity contribution in [3.05, 3.63) is 47.5 Å². The van der Waals surface area contributed by atoms with Crippen LogP contribution in [0.3, 0.4) is 0 Å². The van der Waals surface area contributed by atoms with Crippen LogP contribution in [0, 0.1) is 11.6 Å². The number of nitrogens with one attached hydrogen (secondary N) is 2. The van der Waals surface area contributed by atoms with Crippen molar-refractivity contribution >= 4 is 22.6 Å². The molecular formula is C18H13F5N2O4. The molecule has 1 heterocycles. The molecule has 0 aliphatic carbocycles. The largest absolute Gasteiger partial charge is 0.573 e. The molecule has 0 bridgehead atoms. The van der Waals surface area contributed by atoms with Gasteiger partial charge in [0, 0.05) is 18.7 Å². The Morgan fingerprint density at radius 2 is 1.79 bits per heavy atom. The number of amides is 1. The maximum Gasteiger partial charge on any atom is 0.573 e. The molecule has 2 N–H and O–H groups in total. The molecule has 1 amide bonds. The minimum Gasteiger partial charge on any atom is -0.455 e. The Bertz CT molecular complexity index is 1060. The van der Waals surface area contributed by atoms with E-state index in [9.17, 15) is 22.4 Å². The summed E-state index contributed by atoms with van der Waals surface area (Å²) in [4.78, 5) is 17.0. The number of ether oxygens (including phenoxy) is 1. The third-order valence-electron chi connectivity index (χ3n) is 3.86. The van der Waals surface area contributed by atoms with E-state index in [0.29, 0.717) is 0 Å². The highest BCUT2D eigenvalue weighted by molar-refractivity contribution is 6.12. The van der Waals surface area contributed by atoms with Gasteiger partial charge < -0.3 is 14.5 Å². The van der Waals surface area contributed by atoms with Crippen molar-refractivity contribution in [3.8, 4) is 17.1 Å². The van der Waals surface area contributed by atoms with E-state index in [4.69, 9.17) is 4.42 Å². The number of hydrogen-bond donors (Lipinski definition) is 2. The van der Waals surface area contributed by atoms with Crippen LogP contribution in [0.1, 0.15) is 10.4 Å². The molecule has 2 aromatic carbocycles. The van der Waals surface area contributed by atoms with E-state index in [2.05, 4.69) is 20.4 Å². The van der Waals surface area contributed by atoms with E-state index < -0.39 is 40.7 Å². The second-order valence-corrected chi connectivity index (χ2v) is 5.69. The third kappa shape index (κ3) is 3.94. The van der Waals surface area contributed by atoms with Gasteiger partial charge in [-0.05, 0) is 24.3 Å². The molecule has 0 saturated heterocycles. The monoisotopic (exact) mass is 416 g/mol. The molecule has 1 aromatic heterocycles. The number of hydrogen-bond acceptors (Lipinski definition) is 5. The lowest BCUT2D eigenvalue weighted by Crippen LogP contribution is -2.20. The SMILES string of the molecule is CNC(=O)c1c(-c2ccc(F)cc2)oc2cc(NOC)c(OC(F)(F)F)c(F)c12. The number of carbonyl (C=O) groups is 1. The molecule has 0 aliphatic heterocycles. The first-order chi connectivity index (χ1) is 13.7. The Morgan fingerprint density at radius 3 is 2.34 bits per heavy atom. The summed E-state index contributed by atoms with van der Waals surface area (Å²) in [5, 5.41) is 1.74. The highest BCUT2D eigenvalue weighted by Gasteiger charge is 2.36. The fourth-order valence-electron chi connectivity index (χ4n) is 2.74. The standard InChI is InChI=1S/C18H13F5N2O4/c1-24-17(26)13-12-11(28-15(13)8-3-5-9(19)6-4-8)7-10(25-27-2)16(14(12)20)29-18(21,22)23/h3-7,25H,1-2H3,(H,24,26). The van der Waals surface area contributed by atoms with Crippen LogP contribution in [-0.2, 0) is 4.84 Å². The number of halogens is 5. The molecule has 6 nitrogen and oxygen atoms in total. The van der Waals surface area contributed by atoms with E-state index in [1.807, 2.05) is 0 Å². The number of furan rings is 1. The molecule has 0 atom stereocenters. The second kappa shape index (κ2) is 7.59. The average Bonchev–Trinajstić information content (AvgIpc) is 3.03. The fourth-order valence-corrected chi connectivity index (χ4v) is 2.74. The Labute approximate surface area is 160 Å². The van der Waals surface area contributed by atoms with Crippen LogP contribution in [0.2, 0.25) is 0 Å². The number of fused-ring (bicyclic) bond motifs is 1. The molecule has 0 fully saturated rings. The molecule has 11 heteroatoms. The minimum absolute atomic E-state index is 0.161. The first kappa shape index (κ1) is 20.4. The van der Waals surface area contributed by atoms with Gasteiger partial charge in [-0.3, -0.25) is 15.1 Å². The summed E-state index contributed by atoms with van der Waals surface area (Å²) in [6.45, 7) is 0. The van der Waals surface area contributed by atoms with Crippen LogP contribution in [0.4, 0.5) is 27.6 Å². The zero-order chi connectivity index (χ0) is 21.3. The number of carbonyl (C=O) groups excluding carboxylic acids is 1. The van der Waals surface area contributed by atoms with Crippen LogP contribution in [0.15, 0.2) is 34.7 Å². The predicted octanol–water partition coefficient (Wildman–Crippen LogP) is 4.61. The summed E-state index contributed by atoms with van der Waals surface area (Å²) < 4.78 is 76.0. The lowest BCUT2D eigenvalue weighted by atomic mass is 10.0. The van der Waals surface area contributed by atoms with Gasteiger partial charge in [0.05, 0.1) is 18.1 Å². The first-order valence-corrected chi connectivity index (χ1v) is 7.98. The lowest BCUT2D eigenvalue weighted by Gasteiger charge is -2.15. The van der Waals surface area contributed by atoms with Gasteiger partial charge in [-0.25, -0.2) is 8.78 Å². The van der Waals surface area contributed by atoms with Gasteiger partial charge in [0.2, 0.25) is 0 Å². The quantitative estimate of drug-likeness (QED) is 0.470. The van der Waals surface area contributed by atoms with E-state index in [0.717, 1.165) is 25.3 Å².